The first-order chi connectivity index (χ1) is 13.9. The van der Waals surface area contributed by atoms with Crippen LogP contribution in [0, 0.1) is 0 Å². The Balaban J connectivity index is 2.23. The molecule has 1 atom stereocenters. The van der Waals surface area contributed by atoms with Gasteiger partial charge in [-0.2, -0.15) is 4.31 Å². The summed E-state index contributed by atoms with van der Waals surface area (Å²) in [6.07, 6.45) is 1.67. The first-order valence-electron chi connectivity index (χ1n) is 9.31. The molecule has 0 bridgehead atoms. The summed E-state index contributed by atoms with van der Waals surface area (Å²) >= 11 is 0. The lowest BCUT2D eigenvalue weighted by molar-refractivity contribution is 0.138. The van der Waals surface area contributed by atoms with Crippen LogP contribution in [0.3, 0.4) is 0 Å². The average molecular weight is 420 g/mol. The highest BCUT2D eigenvalue weighted by atomic mass is 32.2. The van der Waals surface area contributed by atoms with Crippen LogP contribution in [-0.4, -0.2) is 45.9 Å². The summed E-state index contributed by atoms with van der Waals surface area (Å²) in [5.74, 6) is 1.43. The molecule has 0 heterocycles. The van der Waals surface area contributed by atoms with Crippen LogP contribution in [0.5, 0.6) is 11.5 Å². The van der Waals surface area contributed by atoms with Gasteiger partial charge in [-0.3, -0.25) is 0 Å². The number of benzene rings is 2. The van der Waals surface area contributed by atoms with Gasteiger partial charge < -0.3 is 14.2 Å². The van der Waals surface area contributed by atoms with Crippen molar-refractivity contribution in [1.29, 1.82) is 0 Å². The summed E-state index contributed by atoms with van der Waals surface area (Å²) < 4.78 is 43.3. The third-order valence-electron chi connectivity index (χ3n) is 4.66. The van der Waals surface area contributed by atoms with Crippen molar-refractivity contribution in [3.05, 3.63) is 72.3 Å². The second-order valence-electron chi connectivity index (χ2n) is 6.58. The topological polar surface area (TPSA) is 65.1 Å². The van der Waals surface area contributed by atoms with Crippen molar-refractivity contribution in [3.8, 4) is 11.5 Å². The maximum Gasteiger partial charge on any atom is 0.214 e. The highest BCUT2D eigenvalue weighted by molar-refractivity contribution is 7.89. The van der Waals surface area contributed by atoms with Crippen molar-refractivity contribution in [2.24, 2.45) is 0 Å². The van der Waals surface area contributed by atoms with Crippen molar-refractivity contribution in [1.82, 2.24) is 4.31 Å². The van der Waals surface area contributed by atoms with Crippen LogP contribution in [0.4, 0.5) is 0 Å². The first-order valence-corrected chi connectivity index (χ1v) is 10.9. The highest BCUT2D eigenvalue weighted by Crippen LogP contribution is 2.20. The lowest BCUT2D eigenvalue weighted by Gasteiger charge is -2.23. The minimum atomic E-state index is -3.52. The van der Waals surface area contributed by atoms with Gasteiger partial charge in [-0.05, 0) is 41.8 Å². The van der Waals surface area contributed by atoms with Gasteiger partial charge in [0.1, 0.15) is 11.5 Å². The fraction of sp³-hybridized carbons (Fsp3) is 0.364. The number of methoxy groups -OCH3 is 3. The maximum absolute atomic E-state index is 13.1. The molecule has 0 aliphatic carbocycles. The Labute approximate surface area is 173 Å². The molecule has 0 saturated heterocycles. The predicted molar refractivity (Wildman–Crippen MR) is 115 cm³/mol. The van der Waals surface area contributed by atoms with Gasteiger partial charge in [0, 0.05) is 20.2 Å². The van der Waals surface area contributed by atoms with E-state index in [0.717, 1.165) is 22.6 Å². The molecule has 158 valence electrons. The minimum Gasteiger partial charge on any atom is -0.497 e. The Kier molecular flexibility index (Phi) is 8.70. The second kappa shape index (κ2) is 11.0. The molecule has 7 heteroatoms. The van der Waals surface area contributed by atoms with Crippen LogP contribution in [0.2, 0.25) is 0 Å². The van der Waals surface area contributed by atoms with Crippen molar-refractivity contribution in [3.63, 3.8) is 0 Å². The van der Waals surface area contributed by atoms with E-state index in [0.29, 0.717) is 6.42 Å². The summed E-state index contributed by atoms with van der Waals surface area (Å²) in [5, 5.41) is 0. The molecule has 2 aromatic carbocycles. The van der Waals surface area contributed by atoms with Crippen LogP contribution in [-0.2, 0) is 27.8 Å². The normalized spacial score (nSPS) is 12.6. The van der Waals surface area contributed by atoms with E-state index in [2.05, 4.69) is 6.58 Å². The fourth-order valence-corrected chi connectivity index (χ4v) is 4.33. The largest absolute Gasteiger partial charge is 0.497 e. The van der Waals surface area contributed by atoms with Crippen LogP contribution < -0.4 is 9.47 Å². The number of hydrogen-bond acceptors (Lipinski definition) is 5. The van der Waals surface area contributed by atoms with Gasteiger partial charge >= 0.3 is 0 Å². The fourth-order valence-electron chi connectivity index (χ4n) is 2.85. The maximum atomic E-state index is 13.1. The number of hydrogen-bond donors (Lipinski definition) is 0. The molecule has 0 radical (unpaired) electrons. The molecule has 2 rings (SSSR count). The molecule has 0 unspecified atom stereocenters. The molecule has 0 fully saturated rings. The zero-order valence-electron chi connectivity index (χ0n) is 17.2. The van der Waals surface area contributed by atoms with Crippen molar-refractivity contribution in [2.45, 2.75) is 25.6 Å². The molecule has 0 spiro atoms. The molecule has 2 aromatic rings. The Hall–Kier alpha value is -2.35. The minimum absolute atomic E-state index is 0.0240. The summed E-state index contributed by atoms with van der Waals surface area (Å²) in [5.41, 5.74) is 1.77. The molecule has 0 saturated carbocycles. The number of nitrogens with zero attached hydrogens (tertiary/aromatic N) is 1. The summed E-state index contributed by atoms with van der Waals surface area (Å²) in [4.78, 5) is 0. The average Bonchev–Trinajstić information content (AvgIpc) is 2.75. The van der Waals surface area contributed by atoms with Crippen molar-refractivity contribution in [2.75, 3.05) is 27.1 Å². The van der Waals surface area contributed by atoms with Crippen LogP contribution in [0.1, 0.15) is 17.5 Å². The van der Waals surface area contributed by atoms with E-state index in [9.17, 15) is 8.42 Å². The van der Waals surface area contributed by atoms with Gasteiger partial charge in [-0.15, -0.1) is 6.58 Å². The summed E-state index contributed by atoms with van der Waals surface area (Å²) in [6.45, 7) is 4.22. The lowest BCUT2D eigenvalue weighted by Crippen LogP contribution is -2.33. The number of ether oxygens (including phenoxy) is 3. The first kappa shape index (κ1) is 22.9. The van der Waals surface area contributed by atoms with Crippen LogP contribution in [0.25, 0.3) is 0 Å². The van der Waals surface area contributed by atoms with Gasteiger partial charge in [-0.25, -0.2) is 8.42 Å². The zero-order valence-corrected chi connectivity index (χ0v) is 18.0. The van der Waals surface area contributed by atoms with Gasteiger partial charge in [0.05, 0.1) is 26.1 Å². The standard InChI is InChI=1S/C22H29NO5S/c1-5-20(26-2)14-15-29(24,25)23(16-18-6-10-21(27-3)11-7-18)17-19-8-12-22(28-4)13-9-19/h5-13,20H,1,14-17H2,2-4H3/t20-/m1/s1. The molecule has 0 amide bonds. The monoisotopic (exact) mass is 419 g/mol. The molecular formula is C22H29NO5S. The Bertz CT molecular complexity index is 814. The van der Waals surface area contributed by atoms with E-state index >= 15 is 0 Å². The van der Waals surface area contributed by atoms with E-state index in [1.165, 1.54) is 4.31 Å². The van der Waals surface area contributed by atoms with Gasteiger partial charge in [0.2, 0.25) is 10.0 Å². The quantitative estimate of drug-likeness (QED) is 0.492. The smallest absolute Gasteiger partial charge is 0.214 e. The Morgan fingerprint density at radius 1 is 0.897 bits per heavy atom. The molecule has 0 aromatic heterocycles. The zero-order chi connectivity index (χ0) is 21.3. The molecule has 0 aliphatic heterocycles. The lowest BCUT2D eigenvalue weighted by atomic mass is 10.2. The Morgan fingerprint density at radius 2 is 1.34 bits per heavy atom. The van der Waals surface area contributed by atoms with Crippen LogP contribution >= 0.6 is 0 Å². The molecular weight excluding hydrogens is 390 g/mol. The molecule has 29 heavy (non-hydrogen) atoms. The molecule has 6 nitrogen and oxygen atoms in total. The Morgan fingerprint density at radius 3 is 1.69 bits per heavy atom. The van der Waals surface area contributed by atoms with Gasteiger partial charge in [0.25, 0.3) is 0 Å². The third kappa shape index (κ3) is 6.88. The van der Waals surface area contributed by atoms with Gasteiger partial charge in [-0.1, -0.05) is 30.3 Å². The number of sulfonamides is 1. The van der Waals surface area contributed by atoms with Crippen molar-refractivity contribution < 1.29 is 22.6 Å². The van der Waals surface area contributed by atoms with E-state index in [-0.39, 0.29) is 24.9 Å². The summed E-state index contributed by atoms with van der Waals surface area (Å²) in [7, 11) is 1.22. The highest BCUT2D eigenvalue weighted by Gasteiger charge is 2.24. The second-order valence-corrected chi connectivity index (χ2v) is 8.67. The SMILES string of the molecule is C=C[C@H](CCS(=O)(=O)N(Cc1ccc(OC)cc1)Cc1ccc(OC)cc1)OC. The van der Waals surface area contributed by atoms with E-state index < -0.39 is 10.0 Å². The van der Waals surface area contributed by atoms with E-state index in [1.807, 2.05) is 48.5 Å². The van der Waals surface area contributed by atoms with E-state index in [4.69, 9.17) is 14.2 Å². The molecule has 0 aliphatic rings. The summed E-state index contributed by atoms with van der Waals surface area (Å²) in [6, 6.07) is 14.8. The predicted octanol–water partition coefficient (Wildman–Crippen LogP) is 3.63. The van der Waals surface area contributed by atoms with Crippen molar-refractivity contribution >= 4 is 10.0 Å². The van der Waals surface area contributed by atoms with E-state index in [1.54, 1.807) is 27.4 Å². The molecule has 0 N–H and O–H groups in total. The van der Waals surface area contributed by atoms with Crippen LogP contribution in [0.15, 0.2) is 61.2 Å². The third-order valence-corrected chi connectivity index (χ3v) is 6.45. The number of rotatable bonds is 12. The van der Waals surface area contributed by atoms with Gasteiger partial charge in [0.15, 0.2) is 0 Å².